The summed E-state index contributed by atoms with van der Waals surface area (Å²) in [5.74, 6) is 1.02. The van der Waals surface area contributed by atoms with Gasteiger partial charge in [0.25, 0.3) is 0 Å². The first-order chi connectivity index (χ1) is 16.0. The number of allylic oxidation sites excluding steroid dienone is 4. The van der Waals surface area contributed by atoms with Gasteiger partial charge in [0.15, 0.2) is 0 Å². The van der Waals surface area contributed by atoms with Crippen molar-refractivity contribution in [2.24, 2.45) is 5.73 Å². The summed E-state index contributed by atoms with van der Waals surface area (Å²) in [4.78, 5) is 12.5. The minimum Gasteiger partial charge on any atom is -0.462 e. The van der Waals surface area contributed by atoms with Crippen LogP contribution in [0, 0.1) is 0 Å². The Hall–Kier alpha value is -4.10. The van der Waals surface area contributed by atoms with Crippen LogP contribution in [0.25, 0.3) is 11.6 Å². The summed E-state index contributed by atoms with van der Waals surface area (Å²) in [6.45, 7) is 11.8. The summed E-state index contributed by atoms with van der Waals surface area (Å²) < 4.78 is 12.6. The number of anilines is 1. The number of carbonyl (C=O) groups excluding carboxylic acids is 1. The van der Waals surface area contributed by atoms with Crippen LogP contribution >= 0.6 is 0 Å². The number of carbonyl (C=O) groups is 1. The van der Waals surface area contributed by atoms with Crippen LogP contribution in [0.4, 0.5) is 5.69 Å². The molecule has 0 aliphatic heterocycles. The van der Waals surface area contributed by atoms with Crippen LogP contribution in [0.3, 0.4) is 0 Å². The quantitative estimate of drug-likeness (QED) is 0.258. The van der Waals surface area contributed by atoms with Gasteiger partial charge in [-0.2, -0.15) is 5.10 Å². The highest BCUT2D eigenvalue weighted by molar-refractivity contribution is 5.97. The molecule has 0 spiro atoms. The second-order valence-electron chi connectivity index (χ2n) is 7.06. The third-order valence-corrected chi connectivity index (χ3v) is 4.87. The third-order valence-electron chi connectivity index (χ3n) is 4.87. The number of fused-ring (bicyclic) bond motifs is 1. The van der Waals surface area contributed by atoms with E-state index >= 15 is 0 Å². The Morgan fingerprint density at radius 1 is 1.24 bits per heavy atom. The highest BCUT2D eigenvalue weighted by Gasteiger charge is 2.21. The van der Waals surface area contributed by atoms with Gasteiger partial charge in [0.05, 0.1) is 29.6 Å². The lowest BCUT2D eigenvalue weighted by Crippen LogP contribution is -2.09. The molecule has 0 saturated heterocycles. The molecule has 7 nitrogen and oxygen atoms in total. The van der Waals surface area contributed by atoms with Gasteiger partial charge in [0, 0.05) is 29.6 Å². The number of nitrogens with zero attached hydrogens (tertiary/aromatic N) is 2. The number of benzene rings is 1. The number of aromatic nitrogens is 2. The predicted octanol–water partition coefficient (Wildman–Crippen LogP) is 5.08. The monoisotopic (exact) mass is 444 g/mol. The minimum atomic E-state index is -0.439. The Morgan fingerprint density at radius 3 is 2.64 bits per heavy atom. The molecule has 0 amide bonds. The van der Waals surface area contributed by atoms with Gasteiger partial charge in [-0.25, -0.2) is 9.31 Å². The molecule has 1 aromatic carbocycles. The Labute approximate surface area is 193 Å². The summed E-state index contributed by atoms with van der Waals surface area (Å²) in [5.41, 5.74) is 9.88. The summed E-state index contributed by atoms with van der Waals surface area (Å²) in [6, 6.07) is 9.54. The van der Waals surface area contributed by atoms with Gasteiger partial charge in [-0.15, -0.1) is 0 Å². The fourth-order valence-corrected chi connectivity index (χ4v) is 3.31. The molecule has 0 fully saturated rings. The van der Waals surface area contributed by atoms with E-state index in [1.165, 1.54) is 0 Å². The zero-order valence-electron chi connectivity index (χ0n) is 18.9. The standard InChI is InChI=1S/C26H28N4O3/c1-5-19-16-28-30-17-23(26(31)32-7-3)22(15-27)25(30)24(19)29-20(6-2)14-13-18(4)33-21-11-9-8-10-12-21/h5-6,8-14,16-17,29H,1-2,7,15,27H2,3-4H3/b18-13+,20-14+. The SMILES string of the molecule is C=C/C(=C\C=C(/C)Oc1ccccc1)Nc1c(C=C)cnn2cc(C(=O)OCC)c(CN)c12. The summed E-state index contributed by atoms with van der Waals surface area (Å²) in [5, 5.41) is 7.78. The van der Waals surface area contributed by atoms with Crippen molar-refractivity contribution in [2.45, 2.75) is 20.4 Å². The molecule has 0 aliphatic rings. The minimum absolute atomic E-state index is 0.138. The van der Waals surface area contributed by atoms with E-state index in [4.69, 9.17) is 15.2 Å². The fraction of sp³-hybridized carbons (Fsp3) is 0.154. The van der Waals surface area contributed by atoms with Crippen molar-refractivity contribution in [3.8, 4) is 5.75 Å². The Balaban J connectivity index is 2.01. The predicted molar refractivity (Wildman–Crippen MR) is 132 cm³/mol. The van der Waals surface area contributed by atoms with Gasteiger partial charge in [-0.1, -0.05) is 37.4 Å². The topological polar surface area (TPSA) is 90.9 Å². The molecule has 170 valence electrons. The average Bonchev–Trinajstić information content (AvgIpc) is 3.21. The molecule has 0 bridgehead atoms. The van der Waals surface area contributed by atoms with Crippen molar-refractivity contribution in [3.05, 3.63) is 102 Å². The average molecular weight is 445 g/mol. The van der Waals surface area contributed by atoms with Gasteiger partial charge in [0.2, 0.25) is 0 Å². The van der Waals surface area contributed by atoms with E-state index in [2.05, 4.69) is 23.6 Å². The maximum atomic E-state index is 12.5. The van der Waals surface area contributed by atoms with Gasteiger partial charge in [-0.05, 0) is 44.2 Å². The molecule has 0 unspecified atom stereocenters. The molecule has 7 heteroatoms. The van der Waals surface area contributed by atoms with Crippen molar-refractivity contribution in [3.63, 3.8) is 0 Å². The molecule has 0 aliphatic carbocycles. The summed E-state index contributed by atoms with van der Waals surface area (Å²) in [7, 11) is 0. The van der Waals surface area contributed by atoms with E-state index in [1.54, 1.807) is 36.0 Å². The highest BCUT2D eigenvalue weighted by atomic mass is 16.5. The molecule has 3 N–H and O–H groups in total. The van der Waals surface area contributed by atoms with Crippen molar-refractivity contribution in [1.29, 1.82) is 0 Å². The van der Waals surface area contributed by atoms with Crippen molar-refractivity contribution in [1.82, 2.24) is 9.61 Å². The number of esters is 1. The number of hydrogen-bond acceptors (Lipinski definition) is 6. The van der Waals surface area contributed by atoms with E-state index in [0.717, 1.165) is 11.3 Å². The molecular weight excluding hydrogens is 416 g/mol. The summed E-state index contributed by atoms with van der Waals surface area (Å²) in [6.07, 6.45) is 10.4. The lowest BCUT2D eigenvalue weighted by Gasteiger charge is -2.14. The van der Waals surface area contributed by atoms with Crippen LogP contribution in [0.15, 0.2) is 85.6 Å². The van der Waals surface area contributed by atoms with E-state index in [-0.39, 0.29) is 13.2 Å². The lowest BCUT2D eigenvalue weighted by atomic mass is 10.1. The maximum Gasteiger partial charge on any atom is 0.340 e. The molecule has 3 aromatic rings. The number of nitrogens with one attached hydrogen (secondary N) is 1. The molecule has 0 saturated carbocycles. The van der Waals surface area contributed by atoms with Crippen molar-refractivity contribution in [2.75, 3.05) is 11.9 Å². The number of rotatable bonds is 10. The number of para-hydroxylation sites is 1. The Morgan fingerprint density at radius 2 is 2.00 bits per heavy atom. The third kappa shape index (κ3) is 5.39. The fourth-order valence-electron chi connectivity index (χ4n) is 3.31. The molecule has 2 heterocycles. The Kier molecular flexibility index (Phi) is 7.83. The molecule has 33 heavy (non-hydrogen) atoms. The lowest BCUT2D eigenvalue weighted by molar-refractivity contribution is 0.0525. The first-order valence-corrected chi connectivity index (χ1v) is 10.6. The van der Waals surface area contributed by atoms with Gasteiger partial charge < -0.3 is 20.5 Å². The van der Waals surface area contributed by atoms with E-state index < -0.39 is 5.97 Å². The molecule has 0 atom stereocenters. The molecule has 2 aromatic heterocycles. The van der Waals surface area contributed by atoms with Crippen LogP contribution in [0.2, 0.25) is 0 Å². The zero-order valence-corrected chi connectivity index (χ0v) is 18.9. The van der Waals surface area contributed by atoms with Crippen molar-refractivity contribution >= 4 is 23.2 Å². The van der Waals surface area contributed by atoms with Gasteiger partial charge in [0.1, 0.15) is 11.5 Å². The van der Waals surface area contributed by atoms with Crippen LogP contribution in [0.1, 0.15) is 35.3 Å². The van der Waals surface area contributed by atoms with Gasteiger partial charge >= 0.3 is 5.97 Å². The number of nitrogens with two attached hydrogens (primary N) is 1. The molecule has 0 radical (unpaired) electrons. The Bertz CT molecular complexity index is 1220. The van der Waals surface area contributed by atoms with Crippen LogP contribution in [0.5, 0.6) is 5.75 Å². The second kappa shape index (κ2) is 11.0. The first-order valence-electron chi connectivity index (χ1n) is 10.6. The largest absolute Gasteiger partial charge is 0.462 e. The van der Waals surface area contributed by atoms with Crippen LogP contribution in [-0.4, -0.2) is 22.2 Å². The number of ether oxygens (including phenoxy) is 2. The normalized spacial score (nSPS) is 11.8. The smallest absolute Gasteiger partial charge is 0.340 e. The highest BCUT2D eigenvalue weighted by Crippen LogP contribution is 2.30. The van der Waals surface area contributed by atoms with E-state index in [9.17, 15) is 4.79 Å². The number of hydrogen-bond donors (Lipinski definition) is 2. The van der Waals surface area contributed by atoms with E-state index in [1.807, 2.05) is 49.4 Å². The van der Waals surface area contributed by atoms with E-state index in [0.29, 0.717) is 33.8 Å². The second-order valence-corrected chi connectivity index (χ2v) is 7.06. The van der Waals surface area contributed by atoms with Crippen molar-refractivity contribution < 1.29 is 14.3 Å². The van der Waals surface area contributed by atoms with Gasteiger partial charge in [-0.3, -0.25) is 0 Å². The molecule has 3 rings (SSSR count). The zero-order chi connectivity index (χ0) is 23.8. The summed E-state index contributed by atoms with van der Waals surface area (Å²) >= 11 is 0. The maximum absolute atomic E-state index is 12.5. The molecular formula is C26H28N4O3. The van der Waals surface area contributed by atoms with Crippen LogP contribution in [-0.2, 0) is 11.3 Å². The first kappa shape index (κ1) is 23.6. The van der Waals surface area contributed by atoms with Crippen LogP contribution < -0.4 is 15.8 Å².